The predicted octanol–water partition coefficient (Wildman–Crippen LogP) is 2.28. The van der Waals surface area contributed by atoms with E-state index in [9.17, 15) is 8.78 Å². The van der Waals surface area contributed by atoms with Crippen molar-refractivity contribution in [3.63, 3.8) is 0 Å². The summed E-state index contributed by atoms with van der Waals surface area (Å²) in [6.07, 6.45) is 1.77. The molecule has 1 rings (SSSR count). The molecule has 0 atom stereocenters. The molecule has 0 aliphatic heterocycles. The summed E-state index contributed by atoms with van der Waals surface area (Å²) < 4.78 is 25.6. The van der Waals surface area contributed by atoms with E-state index in [-0.39, 0.29) is 12.4 Å². The van der Waals surface area contributed by atoms with Crippen LogP contribution in [0.2, 0.25) is 0 Å². The molecule has 1 aromatic rings. The number of aliphatic hydroxyl groups is 1. The molecule has 0 fully saturated rings. The SMILES string of the molecule is OCCCCc1cc(F)ccc1F. The number of hydrogen-bond acceptors (Lipinski definition) is 1. The van der Waals surface area contributed by atoms with Crippen LogP contribution >= 0.6 is 0 Å². The van der Waals surface area contributed by atoms with E-state index < -0.39 is 5.82 Å². The zero-order valence-corrected chi connectivity index (χ0v) is 7.26. The van der Waals surface area contributed by atoms with Crippen LogP contribution in [0, 0.1) is 11.6 Å². The van der Waals surface area contributed by atoms with Crippen LogP contribution in [0.15, 0.2) is 18.2 Å². The maximum Gasteiger partial charge on any atom is 0.126 e. The highest BCUT2D eigenvalue weighted by atomic mass is 19.1. The maximum absolute atomic E-state index is 13.0. The van der Waals surface area contributed by atoms with Crippen molar-refractivity contribution < 1.29 is 13.9 Å². The van der Waals surface area contributed by atoms with Crippen molar-refractivity contribution in [1.82, 2.24) is 0 Å². The van der Waals surface area contributed by atoms with Crippen molar-refractivity contribution in [3.8, 4) is 0 Å². The Kier molecular flexibility index (Phi) is 3.83. The second-order valence-electron chi connectivity index (χ2n) is 2.92. The molecule has 13 heavy (non-hydrogen) atoms. The Hall–Kier alpha value is -0.960. The van der Waals surface area contributed by atoms with Crippen molar-refractivity contribution in [2.24, 2.45) is 0 Å². The van der Waals surface area contributed by atoms with Gasteiger partial charge in [-0.25, -0.2) is 8.78 Å². The standard InChI is InChI=1S/C10H12F2O/c11-9-4-5-10(12)8(7-9)3-1-2-6-13/h4-5,7,13H,1-3,6H2. The van der Waals surface area contributed by atoms with Crippen LogP contribution in [-0.2, 0) is 6.42 Å². The smallest absolute Gasteiger partial charge is 0.126 e. The number of unbranched alkanes of at least 4 members (excludes halogenated alkanes) is 1. The number of aliphatic hydroxyl groups excluding tert-OH is 1. The summed E-state index contributed by atoms with van der Waals surface area (Å²) in [7, 11) is 0. The average molecular weight is 186 g/mol. The monoisotopic (exact) mass is 186 g/mol. The summed E-state index contributed by atoms with van der Waals surface area (Å²) in [5, 5.41) is 8.50. The van der Waals surface area contributed by atoms with Gasteiger partial charge in [0.2, 0.25) is 0 Å². The van der Waals surface area contributed by atoms with E-state index in [1.165, 1.54) is 6.07 Å². The third kappa shape index (κ3) is 3.11. The van der Waals surface area contributed by atoms with Gasteiger partial charge in [-0.3, -0.25) is 0 Å². The zero-order valence-electron chi connectivity index (χ0n) is 7.26. The number of halogens is 2. The second-order valence-corrected chi connectivity index (χ2v) is 2.92. The zero-order chi connectivity index (χ0) is 9.68. The lowest BCUT2D eigenvalue weighted by molar-refractivity contribution is 0.284. The van der Waals surface area contributed by atoms with Crippen LogP contribution < -0.4 is 0 Å². The summed E-state index contributed by atoms with van der Waals surface area (Å²) in [6.45, 7) is 0.0942. The van der Waals surface area contributed by atoms with Gasteiger partial charge in [0.15, 0.2) is 0 Å². The fourth-order valence-corrected chi connectivity index (χ4v) is 1.16. The lowest BCUT2D eigenvalue weighted by Crippen LogP contribution is -1.93. The third-order valence-electron chi connectivity index (χ3n) is 1.86. The summed E-state index contributed by atoms with van der Waals surface area (Å²) in [4.78, 5) is 0. The van der Waals surface area contributed by atoms with Crippen molar-refractivity contribution in [3.05, 3.63) is 35.4 Å². The van der Waals surface area contributed by atoms with E-state index in [0.717, 1.165) is 12.1 Å². The summed E-state index contributed by atoms with van der Waals surface area (Å²) >= 11 is 0. The van der Waals surface area contributed by atoms with Crippen LogP contribution in [0.25, 0.3) is 0 Å². The van der Waals surface area contributed by atoms with Gasteiger partial charge in [-0.1, -0.05) is 0 Å². The predicted molar refractivity (Wildman–Crippen MR) is 46.4 cm³/mol. The van der Waals surface area contributed by atoms with Gasteiger partial charge in [-0.05, 0) is 43.0 Å². The molecule has 0 heterocycles. The largest absolute Gasteiger partial charge is 0.396 e. The Morgan fingerprint density at radius 1 is 1.15 bits per heavy atom. The molecular formula is C10H12F2O. The highest BCUT2D eigenvalue weighted by Crippen LogP contribution is 2.12. The van der Waals surface area contributed by atoms with Gasteiger partial charge in [-0.15, -0.1) is 0 Å². The minimum atomic E-state index is -0.416. The van der Waals surface area contributed by atoms with E-state index in [1.54, 1.807) is 0 Å². The molecule has 1 aromatic carbocycles. The van der Waals surface area contributed by atoms with Gasteiger partial charge in [-0.2, -0.15) is 0 Å². The second kappa shape index (κ2) is 4.92. The minimum absolute atomic E-state index is 0.0942. The number of benzene rings is 1. The molecule has 3 heteroatoms. The van der Waals surface area contributed by atoms with Crippen LogP contribution in [-0.4, -0.2) is 11.7 Å². The number of rotatable bonds is 4. The molecule has 0 unspecified atom stereocenters. The van der Waals surface area contributed by atoms with Crippen LogP contribution in [0.1, 0.15) is 18.4 Å². The molecule has 0 spiro atoms. The van der Waals surface area contributed by atoms with Gasteiger partial charge < -0.3 is 5.11 Å². The van der Waals surface area contributed by atoms with E-state index >= 15 is 0 Å². The molecule has 1 N–H and O–H groups in total. The average Bonchev–Trinajstić information content (AvgIpc) is 2.11. The number of hydrogen-bond donors (Lipinski definition) is 1. The molecule has 0 saturated carbocycles. The first-order chi connectivity index (χ1) is 6.24. The van der Waals surface area contributed by atoms with E-state index in [4.69, 9.17) is 5.11 Å². The molecule has 0 radical (unpaired) electrons. The fourth-order valence-electron chi connectivity index (χ4n) is 1.16. The van der Waals surface area contributed by atoms with Crippen molar-refractivity contribution in [1.29, 1.82) is 0 Å². The Morgan fingerprint density at radius 3 is 2.62 bits per heavy atom. The summed E-state index contributed by atoms with van der Waals surface area (Å²) in [5.74, 6) is -0.792. The van der Waals surface area contributed by atoms with Crippen LogP contribution in [0.5, 0.6) is 0 Å². The lowest BCUT2D eigenvalue weighted by atomic mass is 10.1. The molecule has 0 bridgehead atoms. The molecule has 0 saturated heterocycles. The summed E-state index contributed by atoms with van der Waals surface area (Å²) in [5.41, 5.74) is 0.383. The normalized spacial score (nSPS) is 10.4. The van der Waals surface area contributed by atoms with E-state index in [0.29, 0.717) is 24.8 Å². The molecule has 72 valence electrons. The van der Waals surface area contributed by atoms with Crippen LogP contribution in [0.4, 0.5) is 8.78 Å². The third-order valence-corrected chi connectivity index (χ3v) is 1.86. The summed E-state index contributed by atoms with van der Waals surface area (Å²) in [6, 6.07) is 3.43. The Labute approximate surface area is 76.0 Å². The van der Waals surface area contributed by atoms with Crippen molar-refractivity contribution in [2.45, 2.75) is 19.3 Å². The molecule has 1 nitrogen and oxygen atoms in total. The lowest BCUT2D eigenvalue weighted by Gasteiger charge is -2.01. The highest BCUT2D eigenvalue weighted by molar-refractivity contribution is 5.18. The van der Waals surface area contributed by atoms with Crippen molar-refractivity contribution in [2.75, 3.05) is 6.61 Å². The fraction of sp³-hybridized carbons (Fsp3) is 0.400. The Bertz CT molecular complexity index is 274. The first-order valence-corrected chi connectivity index (χ1v) is 4.29. The van der Waals surface area contributed by atoms with Crippen LogP contribution in [0.3, 0.4) is 0 Å². The molecule has 0 aliphatic rings. The maximum atomic E-state index is 13.0. The topological polar surface area (TPSA) is 20.2 Å². The minimum Gasteiger partial charge on any atom is -0.396 e. The van der Waals surface area contributed by atoms with E-state index in [2.05, 4.69) is 0 Å². The first kappa shape index (κ1) is 10.1. The first-order valence-electron chi connectivity index (χ1n) is 4.29. The Balaban J connectivity index is 2.59. The van der Waals surface area contributed by atoms with Gasteiger partial charge in [0.1, 0.15) is 11.6 Å². The van der Waals surface area contributed by atoms with Gasteiger partial charge in [0.25, 0.3) is 0 Å². The quantitative estimate of drug-likeness (QED) is 0.715. The Morgan fingerprint density at radius 2 is 1.92 bits per heavy atom. The molecule has 0 amide bonds. The van der Waals surface area contributed by atoms with Gasteiger partial charge >= 0.3 is 0 Å². The molecule has 0 aliphatic carbocycles. The van der Waals surface area contributed by atoms with Gasteiger partial charge in [0, 0.05) is 6.61 Å². The highest BCUT2D eigenvalue weighted by Gasteiger charge is 2.02. The molecule has 0 aromatic heterocycles. The molecular weight excluding hydrogens is 174 g/mol. The van der Waals surface area contributed by atoms with Crippen molar-refractivity contribution >= 4 is 0 Å². The van der Waals surface area contributed by atoms with E-state index in [1.807, 2.05) is 0 Å². The number of aryl methyl sites for hydroxylation is 1. The van der Waals surface area contributed by atoms with Gasteiger partial charge in [0.05, 0.1) is 0 Å².